The van der Waals surface area contributed by atoms with Crippen molar-refractivity contribution < 1.29 is 24.9 Å². The summed E-state index contributed by atoms with van der Waals surface area (Å²) in [6.07, 6.45) is -4.74. The molecule has 1 aliphatic heterocycles. The first-order valence-electron chi connectivity index (χ1n) is 5.20. The van der Waals surface area contributed by atoms with Gasteiger partial charge in [-0.15, -0.1) is 0 Å². The molecule has 0 aromatic carbocycles. The topological polar surface area (TPSA) is 99.0 Å². The van der Waals surface area contributed by atoms with Gasteiger partial charge in [-0.1, -0.05) is 20.8 Å². The van der Waals surface area contributed by atoms with E-state index in [9.17, 15) is 20.1 Å². The molecule has 1 rings (SSSR count). The zero-order valence-corrected chi connectivity index (χ0v) is 9.67. The highest BCUT2D eigenvalue weighted by molar-refractivity contribution is 5.81. The maximum atomic E-state index is 11.6. The maximum Gasteiger partial charge on any atom is 0.227 e. The standard InChI is InChI=1S/C10H19NO5/c1-10(2,3)9(15)11-8-7(14)6(13)5(12)4-16-8/h5-8,12-14H,4H2,1-3H3,(H,11,15)/t5-,6-,7+,8?/m1/s1. The molecule has 0 spiro atoms. The summed E-state index contributed by atoms with van der Waals surface area (Å²) in [5.74, 6) is -0.292. The molecule has 6 nitrogen and oxygen atoms in total. The third kappa shape index (κ3) is 2.91. The molecule has 1 unspecified atom stereocenters. The van der Waals surface area contributed by atoms with Crippen molar-refractivity contribution in [3.63, 3.8) is 0 Å². The fraction of sp³-hybridized carbons (Fsp3) is 0.900. The van der Waals surface area contributed by atoms with Crippen LogP contribution in [0.3, 0.4) is 0 Å². The summed E-state index contributed by atoms with van der Waals surface area (Å²) in [7, 11) is 0. The minimum absolute atomic E-state index is 0.118. The second-order valence-corrected chi connectivity index (χ2v) is 5.03. The Kier molecular flexibility index (Phi) is 3.90. The predicted octanol–water partition coefficient (Wildman–Crippen LogP) is -1.41. The number of ether oxygens (including phenoxy) is 1. The minimum atomic E-state index is -1.32. The second-order valence-electron chi connectivity index (χ2n) is 5.03. The Hall–Kier alpha value is -0.690. The van der Waals surface area contributed by atoms with Gasteiger partial charge in [0.25, 0.3) is 0 Å². The van der Waals surface area contributed by atoms with E-state index in [1.807, 2.05) is 0 Å². The van der Waals surface area contributed by atoms with E-state index < -0.39 is 30.0 Å². The van der Waals surface area contributed by atoms with Crippen LogP contribution < -0.4 is 5.32 Å². The number of hydrogen-bond donors (Lipinski definition) is 4. The van der Waals surface area contributed by atoms with Gasteiger partial charge < -0.3 is 25.4 Å². The molecule has 1 fully saturated rings. The third-order valence-electron chi connectivity index (χ3n) is 2.46. The number of aliphatic hydroxyl groups is 3. The summed E-state index contributed by atoms with van der Waals surface area (Å²) in [4.78, 5) is 11.6. The van der Waals surface area contributed by atoms with E-state index in [1.165, 1.54) is 0 Å². The molecule has 4 atom stereocenters. The van der Waals surface area contributed by atoms with Gasteiger partial charge in [-0.3, -0.25) is 4.79 Å². The van der Waals surface area contributed by atoms with Crippen LogP contribution in [-0.4, -0.2) is 52.4 Å². The van der Waals surface area contributed by atoms with E-state index in [0.717, 1.165) is 0 Å². The molecule has 1 aliphatic rings. The smallest absolute Gasteiger partial charge is 0.227 e. The van der Waals surface area contributed by atoms with E-state index in [2.05, 4.69) is 5.32 Å². The van der Waals surface area contributed by atoms with E-state index >= 15 is 0 Å². The fourth-order valence-corrected chi connectivity index (χ4v) is 1.28. The van der Waals surface area contributed by atoms with Crippen LogP contribution in [0.15, 0.2) is 0 Å². The number of amides is 1. The van der Waals surface area contributed by atoms with Crippen molar-refractivity contribution in [1.82, 2.24) is 5.32 Å². The summed E-state index contributed by atoms with van der Waals surface area (Å²) < 4.78 is 5.05. The van der Waals surface area contributed by atoms with Crippen LogP contribution in [0.4, 0.5) is 0 Å². The highest BCUT2D eigenvalue weighted by atomic mass is 16.5. The SMILES string of the molecule is CC(C)(C)C(=O)NC1OC[C@@H](O)[C@@H](O)[C@@H]1O. The Balaban J connectivity index is 2.59. The Bertz CT molecular complexity index is 262. The molecule has 0 aromatic heterocycles. The first-order chi connectivity index (χ1) is 7.23. The first kappa shape index (κ1) is 13.4. The molecule has 0 aliphatic carbocycles. The van der Waals surface area contributed by atoms with Gasteiger partial charge in [-0.25, -0.2) is 0 Å². The molecule has 1 heterocycles. The van der Waals surface area contributed by atoms with E-state index in [4.69, 9.17) is 4.74 Å². The molecular weight excluding hydrogens is 214 g/mol. The quantitative estimate of drug-likeness (QED) is 0.446. The van der Waals surface area contributed by atoms with Gasteiger partial charge in [0.15, 0.2) is 6.23 Å². The Morgan fingerprint density at radius 1 is 1.25 bits per heavy atom. The van der Waals surface area contributed by atoms with Crippen molar-refractivity contribution in [3.8, 4) is 0 Å². The van der Waals surface area contributed by atoms with Crippen LogP contribution in [0.2, 0.25) is 0 Å². The molecule has 94 valence electrons. The Morgan fingerprint density at radius 3 is 2.31 bits per heavy atom. The van der Waals surface area contributed by atoms with Crippen molar-refractivity contribution in [1.29, 1.82) is 0 Å². The highest BCUT2D eigenvalue weighted by Gasteiger charge is 2.39. The molecule has 16 heavy (non-hydrogen) atoms. The van der Waals surface area contributed by atoms with E-state index in [1.54, 1.807) is 20.8 Å². The third-order valence-corrected chi connectivity index (χ3v) is 2.46. The Morgan fingerprint density at radius 2 is 1.81 bits per heavy atom. The molecule has 6 heteroatoms. The molecule has 0 saturated carbocycles. The van der Waals surface area contributed by atoms with Crippen LogP contribution in [0.5, 0.6) is 0 Å². The monoisotopic (exact) mass is 233 g/mol. The van der Waals surface area contributed by atoms with Gasteiger partial charge >= 0.3 is 0 Å². The van der Waals surface area contributed by atoms with Crippen LogP contribution >= 0.6 is 0 Å². The maximum absolute atomic E-state index is 11.6. The summed E-state index contributed by atoms with van der Waals surface area (Å²) in [5, 5.41) is 30.7. The van der Waals surface area contributed by atoms with Gasteiger partial charge in [-0.05, 0) is 0 Å². The molecular formula is C10H19NO5. The number of hydrogen-bond acceptors (Lipinski definition) is 5. The molecule has 4 N–H and O–H groups in total. The lowest BCUT2D eigenvalue weighted by Gasteiger charge is -2.36. The number of aliphatic hydroxyl groups excluding tert-OH is 3. The highest BCUT2D eigenvalue weighted by Crippen LogP contribution is 2.17. The van der Waals surface area contributed by atoms with Gasteiger partial charge in [0.05, 0.1) is 6.61 Å². The normalized spacial score (nSPS) is 35.9. The first-order valence-corrected chi connectivity index (χ1v) is 5.20. The van der Waals surface area contributed by atoms with Gasteiger partial charge in [0.1, 0.15) is 18.3 Å². The largest absolute Gasteiger partial charge is 0.388 e. The fourth-order valence-electron chi connectivity index (χ4n) is 1.28. The summed E-state index contributed by atoms with van der Waals surface area (Å²) in [6.45, 7) is 5.06. The molecule has 0 radical (unpaired) electrons. The van der Waals surface area contributed by atoms with Crippen molar-refractivity contribution in [2.24, 2.45) is 5.41 Å². The summed E-state index contributed by atoms with van der Waals surface area (Å²) in [5.41, 5.74) is -0.607. The lowest BCUT2D eigenvalue weighted by molar-refractivity contribution is -0.197. The van der Waals surface area contributed by atoms with Gasteiger partial charge in [0.2, 0.25) is 5.91 Å². The van der Waals surface area contributed by atoms with Crippen molar-refractivity contribution in [2.75, 3.05) is 6.61 Å². The lowest BCUT2D eigenvalue weighted by atomic mass is 9.95. The van der Waals surface area contributed by atoms with Gasteiger partial charge in [-0.2, -0.15) is 0 Å². The summed E-state index contributed by atoms with van der Waals surface area (Å²) in [6, 6.07) is 0. The number of nitrogens with one attached hydrogen (secondary N) is 1. The molecule has 0 bridgehead atoms. The van der Waals surface area contributed by atoms with Crippen molar-refractivity contribution >= 4 is 5.91 Å². The minimum Gasteiger partial charge on any atom is -0.388 e. The van der Waals surface area contributed by atoms with Crippen LogP contribution in [-0.2, 0) is 9.53 Å². The lowest BCUT2D eigenvalue weighted by Crippen LogP contribution is -2.60. The van der Waals surface area contributed by atoms with Crippen LogP contribution in [0.1, 0.15) is 20.8 Å². The van der Waals surface area contributed by atoms with Crippen molar-refractivity contribution in [2.45, 2.75) is 45.3 Å². The zero-order chi connectivity index (χ0) is 12.5. The molecule has 1 saturated heterocycles. The summed E-state index contributed by atoms with van der Waals surface area (Å²) >= 11 is 0. The van der Waals surface area contributed by atoms with Crippen molar-refractivity contribution in [3.05, 3.63) is 0 Å². The van der Waals surface area contributed by atoms with E-state index in [-0.39, 0.29) is 12.5 Å². The van der Waals surface area contributed by atoms with Crippen LogP contribution in [0.25, 0.3) is 0 Å². The average molecular weight is 233 g/mol. The van der Waals surface area contributed by atoms with Crippen LogP contribution in [0, 0.1) is 5.41 Å². The predicted molar refractivity (Wildman–Crippen MR) is 55.4 cm³/mol. The zero-order valence-electron chi connectivity index (χ0n) is 9.67. The van der Waals surface area contributed by atoms with Gasteiger partial charge in [0, 0.05) is 5.41 Å². The Labute approximate surface area is 94.2 Å². The molecule has 0 aromatic rings. The second kappa shape index (κ2) is 4.67. The number of carbonyl (C=O) groups excluding carboxylic acids is 1. The van der Waals surface area contributed by atoms with E-state index in [0.29, 0.717) is 0 Å². The average Bonchev–Trinajstić information content (AvgIpc) is 2.17. The number of rotatable bonds is 1. The number of carbonyl (C=O) groups is 1. The molecule has 1 amide bonds.